The van der Waals surface area contributed by atoms with Gasteiger partial charge in [0.1, 0.15) is 0 Å². The van der Waals surface area contributed by atoms with Crippen LogP contribution in [0.25, 0.3) is 0 Å². The zero-order valence-corrected chi connectivity index (χ0v) is 8.52. The van der Waals surface area contributed by atoms with Crippen molar-refractivity contribution in [1.29, 1.82) is 0 Å². The molecule has 13 heavy (non-hydrogen) atoms. The maximum Gasteiger partial charge on any atom is 0.0936 e. The third kappa shape index (κ3) is 1.61. The monoisotopic (exact) mass is 195 g/mol. The fraction of sp³-hybridized carbons (Fsp3) is 0.500. The molecule has 0 fully saturated rings. The molecule has 0 saturated heterocycles. The first-order valence-electron chi connectivity index (χ1n) is 4.62. The summed E-state index contributed by atoms with van der Waals surface area (Å²) < 4.78 is 0. The van der Waals surface area contributed by atoms with Gasteiger partial charge in [0.25, 0.3) is 0 Å². The van der Waals surface area contributed by atoms with Crippen LogP contribution >= 0.6 is 11.3 Å². The number of oxime groups is 1. The van der Waals surface area contributed by atoms with Crippen LogP contribution in [-0.2, 0) is 12.8 Å². The SMILES string of the molecule is C/C(=N\O)c1cc2c(s1)CCCC2. The molecule has 1 aliphatic rings. The summed E-state index contributed by atoms with van der Waals surface area (Å²) >= 11 is 1.78. The predicted molar refractivity (Wildman–Crippen MR) is 55.0 cm³/mol. The minimum absolute atomic E-state index is 0.736. The summed E-state index contributed by atoms with van der Waals surface area (Å²) in [4.78, 5) is 2.61. The Morgan fingerprint density at radius 3 is 2.92 bits per heavy atom. The normalized spacial score (nSPS) is 17.2. The molecule has 0 amide bonds. The Kier molecular flexibility index (Phi) is 2.36. The van der Waals surface area contributed by atoms with Gasteiger partial charge in [-0.05, 0) is 44.2 Å². The zero-order valence-electron chi connectivity index (χ0n) is 7.71. The van der Waals surface area contributed by atoms with Crippen LogP contribution in [0.2, 0.25) is 0 Å². The smallest absolute Gasteiger partial charge is 0.0936 e. The molecule has 1 heterocycles. The van der Waals surface area contributed by atoms with Gasteiger partial charge in [-0.15, -0.1) is 11.3 Å². The highest BCUT2D eigenvalue weighted by Gasteiger charge is 2.14. The minimum atomic E-state index is 0.736. The molecule has 0 saturated carbocycles. The maximum absolute atomic E-state index is 8.64. The second-order valence-electron chi connectivity index (χ2n) is 3.45. The second kappa shape index (κ2) is 3.50. The van der Waals surface area contributed by atoms with Gasteiger partial charge in [-0.3, -0.25) is 0 Å². The van der Waals surface area contributed by atoms with Crippen LogP contribution in [0.5, 0.6) is 0 Å². The number of nitrogens with zero attached hydrogens (tertiary/aromatic N) is 1. The van der Waals surface area contributed by atoms with Gasteiger partial charge in [-0.25, -0.2) is 0 Å². The molecule has 0 atom stereocenters. The molecule has 1 aromatic rings. The number of hydrogen-bond donors (Lipinski definition) is 1. The van der Waals surface area contributed by atoms with Crippen molar-refractivity contribution in [3.05, 3.63) is 21.4 Å². The highest BCUT2D eigenvalue weighted by atomic mass is 32.1. The first-order valence-corrected chi connectivity index (χ1v) is 5.43. The first-order chi connectivity index (χ1) is 6.31. The van der Waals surface area contributed by atoms with Gasteiger partial charge in [0, 0.05) is 4.88 Å². The van der Waals surface area contributed by atoms with Crippen LogP contribution in [0.3, 0.4) is 0 Å². The van der Waals surface area contributed by atoms with E-state index in [0.717, 1.165) is 10.6 Å². The number of thiophene rings is 1. The van der Waals surface area contributed by atoms with E-state index in [2.05, 4.69) is 11.2 Å². The van der Waals surface area contributed by atoms with Gasteiger partial charge in [0.2, 0.25) is 0 Å². The van der Waals surface area contributed by atoms with Gasteiger partial charge in [-0.1, -0.05) is 5.16 Å². The molecule has 1 N–H and O–H groups in total. The highest BCUT2D eigenvalue weighted by Crippen LogP contribution is 2.29. The van der Waals surface area contributed by atoms with E-state index in [0.29, 0.717) is 0 Å². The molecule has 0 aliphatic heterocycles. The van der Waals surface area contributed by atoms with Crippen molar-refractivity contribution >= 4 is 17.0 Å². The molecular weight excluding hydrogens is 182 g/mol. The van der Waals surface area contributed by atoms with Crippen molar-refractivity contribution in [1.82, 2.24) is 0 Å². The third-order valence-corrected chi connectivity index (χ3v) is 3.85. The standard InChI is InChI=1S/C10H13NOS/c1-7(11-12)10-6-8-4-2-3-5-9(8)13-10/h6,12H,2-5H2,1H3/b11-7+. The molecular formula is C10H13NOS. The molecule has 0 spiro atoms. The second-order valence-corrected chi connectivity index (χ2v) is 4.59. The van der Waals surface area contributed by atoms with Crippen molar-refractivity contribution in [3.8, 4) is 0 Å². The van der Waals surface area contributed by atoms with Gasteiger partial charge in [0.05, 0.1) is 10.6 Å². The zero-order chi connectivity index (χ0) is 9.26. The quantitative estimate of drug-likeness (QED) is 0.417. The van der Waals surface area contributed by atoms with E-state index in [1.165, 1.54) is 36.1 Å². The Hall–Kier alpha value is -0.830. The highest BCUT2D eigenvalue weighted by molar-refractivity contribution is 7.14. The van der Waals surface area contributed by atoms with Gasteiger partial charge in [0.15, 0.2) is 0 Å². The first kappa shape index (κ1) is 8.75. The molecule has 0 bridgehead atoms. The molecule has 1 aromatic heterocycles. The van der Waals surface area contributed by atoms with E-state index >= 15 is 0 Å². The molecule has 70 valence electrons. The summed E-state index contributed by atoms with van der Waals surface area (Å²) in [6, 6.07) is 2.17. The fourth-order valence-electron chi connectivity index (χ4n) is 1.72. The third-order valence-electron chi connectivity index (χ3n) is 2.50. The van der Waals surface area contributed by atoms with E-state index < -0.39 is 0 Å². The topological polar surface area (TPSA) is 32.6 Å². The molecule has 3 heteroatoms. The van der Waals surface area contributed by atoms with Crippen LogP contribution in [0.15, 0.2) is 11.2 Å². The fourth-order valence-corrected chi connectivity index (χ4v) is 2.91. The number of hydrogen-bond acceptors (Lipinski definition) is 3. The van der Waals surface area contributed by atoms with Gasteiger partial charge < -0.3 is 5.21 Å². The predicted octanol–water partition coefficient (Wildman–Crippen LogP) is 2.83. The number of rotatable bonds is 1. The van der Waals surface area contributed by atoms with Crippen molar-refractivity contribution < 1.29 is 5.21 Å². The molecule has 2 nitrogen and oxygen atoms in total. The van der Waals surface area contributed by atoms with E-state index in [1.807, 2.05) is 6.92 Å². The van der Waals surface area contributed by atoms with Crippen molar-refractivity contribution in [2.24, 2.45) is 5.16 Å². The largest absolute Gasteiger partial charge is 0.411 e. The van der Waals surface area contributed by atoms with Crippen LogP contribution in [-0.4, -0.2) is 10.9 Å². The molecule has 0 aromatic carbocycles. The lowest BCUT2D eigenvalue weighted by molar-refractivity contribution is 0.319. The Morgan fingerprint density at radius 2 is 2.23 bits per heavy atom. The summed E-state index contributed by atoms with van der Waals surface area (Å²) in [5.74, 6) is 0. The summed E-state index contributed by atoms with van der Waals surface area (Å²) in [6.45, 7) is 1.84. The summed E-state index contributed by atoms with van der Waals surface area (Å²) in [5.41, 5.74) is 2.20. The van der Waals surface area contributed by atoms with Gasteiger partial charge >= 0.3 is 0 Å². The molecule has 2 rings (SSSR count). The number of fused-ring (bicyclic) bond motifs is 1. The van der Waals surface area contributed by atoms with Crippen LogP contribution < -0.4 is 0 Å². The average molecular weight is 195 g/mol. The maximum atomic E-state index is 8.64. The van der Waals surface area contributed by atoms with E-state index in [4.69, 9.17) is 5.21 Å². The Balaban J connectivity index is 2.35. The molecule has 0 unspecified atom stereocenters. The van der Waals surface area contributed by atoms with Crippen molar-refractivity contribution in [3.63, 3.8) is 0 Å². The average Bonchev–Trinajstić information content (AvgIpc) is 2.59. The van der Waals surface area contributed by atoms with E-state index in [9.17, 15) is 0 Å². The Labute approximate surface area is 81.9 Å². The lowest BCUT2D eigenvalue weighted by atomic mass is 9.99. The van der Waals surface area contributed by atoms with Crippen molar-refractivity contribution in [2.75, 3.05) is 0 Å². The summed E-state index contributed by atoms with van der Waals surface area (Å²) in [6.07, 6.45) is 5.02. The Morgan fingerprint density at radius 1 is 1.46 bits per heavy atom. The van der Waals surface area contributed by atoms with Crippen LogP contribution in [0.1, 0.15) is 35.1 Å². The van der Waals surface area contributed by atoms with Gasteiger partial charge in [-0.2, -0.15) is 0 Å². The molecule has 1 aliphatic carbocycles. The minimum Gasteiger partial charge on any atom is -0.411 e. The summed E-state index contributed by atoms with van der Waals surface area (Å²) in [5, 5.41) is 11.9. The van der Waals surface area contributed by atoms with Crippen molar-refractivity contribution in [2.45, 2.75) is 32.6 Å². The lowest BCUT2D eigenvalue weighted by Crippen LogP contribution is -1.96. The summed E-state index contributed by atoms with van der Waals surface area (Å²) in [7, 11) is 0. The molecule has 0 radical (unpaired) electrons. The lowest BCUT2D eigenvalue weighted by Gasteiger charge is -2.08. The number of aryl methyl sites for hydroxylation is 2. The van der Waals surface area contributed by atoms with Crippen LogP contribution in [0, 0.1) is 0 Å². The van der Waals surface area contributed by atoms with E-state index in [1.54, 1.807) is 11.3 Å². The van der Waals surface area contributed by atoms with E-state index in [-0.39, 0.29) is 0 Å². The van der Waals surface area contributed by atoms with Crippen LogP contribution in [0.4, 0.5) is 0 Å². The Bertz CT molecular complexity index is 317.